The Hall–Kier alpha value is -1.05. The van der Waals surface area contributed by atoms with E-state index >= 15 is 0 Å². The minimum atomic E-state index is 0.200. The molecule has 1 aliphatic carbocycles. The SMILES string of the molecule is C=CN1C(=O)CC[C@]2(C)CCCC=C12. The van der Waals surface area contributed by atoms with E-state index in [2.05, 4.69) is 19.6 Å². The summed E-state index contributed by atoms with van der Waals surface area (Å²) in [6.45, 7) is 5.99. The first-order valence-electron chi connectivity index (χ1n) is 5.33. The van der Waals surface area contributed by atoms with E-state index in [0.717, 1.165) is 12.8 Å². The lowest BCUT2D eigenvalue weighted by Gasteiger charge is -2.43. The molecule has 1 atom stereocenters. The molecule has 0 aromatic carbocycles. The second kappa shape index (κ2) is 3.26. The van der Waals surface area contributed by atoms with Gasteiger partial charge < -0.3 is 0 Å². The molecule has 1 heterocycles. The summed E-state index contributed by atoms with van der Waals surface area (Å²) in [6.07, 6.45) is 9.10. The lowest BCUT2D eigenvalue weighted by Crippen LogP contribution is -2.41. The molecule has 2 heteroatoms. The van der Waals surface area contributed by atoms with Gasteiger partial charge in [0.25, 0.3) is 0 Å². The van der Waals surface area contributed by atoms with Gasteiger partial charge in [0.05, 0.1) is 0 Å². The van der Waals surface area contributed by atoms with Crippen LogP contribution in [-0.4, -0.2) is 10.8 Å². The molecule has 0 unspecified atom stereocenters. The van der Waals surface area contributed by atoms with Gasteiger partial charge in [0.15, 0.2) is 0 Å². The van der Waals surface area contributed by atoms with Gasteiger partial charge in [-0.25, -0.2) is 0 Å². The quantitative estimate of drug-likeness (QED) is 0.624. The zero-order valence-corrected chi connectivity index (χ0v) is 8.75. The Morgan fingerprint density at radius 3 is 3.07 bits per heavy atom. The molecule has 2 rings (SSSR count). The number of carbonyl (C=O) groups excluding carboxylic acids is 1. The van der Waals surface area contributed by atoms with Crippen molar-refractivity contribution in [2.75, 3.05) is 0 Å². The van der Waals surface area contributed by atoms with E-state index in [4.69, 9.17) is 0 Å². The highest BCUT2D eigenvalue weighted by Gasteiger charge is 2.39. The van der Waals surface area contributed by atoms with Crippen molar-refractivity contribution in [2.45, 2.75) is 39.0 Å². The molecule has 0 saturated carbocycles. The molecule has 1 amide bonds. The van der Waals surface area contributed by atoms with E-state index in [9.17, 15) is 4.79 Å². The summed E-state index contributed by atoms with van der Waals surface area (Å²) in [7, 11) is 0. The lowest BCUT2D eigenvalue weighted by molar-refractivity contribution is -0.130. The molecule has 0 bridgehead atoms. The van der Waals surface area contributed by atoms with Crippen LogP contribution in [0.5, 0.6) is 0 Å². The largest absolute Gasteiger partial charge is 0.292 e. The van der Waals surface area contributed by atoms with Crippen LogP contribution >= 0.6 is 0 Å². The number of fused-ring (bicyclic) bond motifs is 1. The number of allylic oxidation sites excluding steroid dienone is 2. The molecule has 0 N–H and O–H groups in total. The van der Waals surface area contributed by atoms with Crippen LogP contribution in [0.1, 0.15) is 39.0 Å². The third kappa shape index (κ3) is 1.29. The van der Waals surface area contributed by atoms with Crippen LogP contribution in [0.2, 0.25) is 0 Å². The molecular formula is C12H17NO. The van der Waals surface area contributed by atoms with Crippen molar-refractivity contribution in [3.8, 4) is 0 Å². The highest BCUT2D eigenvalue weighted by Crippen LogP contribution is 2.45. The monoisotopic (exact) mass is 191 g/mol. The van der Waals surface area contributed by atoms with Gasteiger partial charge in [-0.1, -0.05) is 19.6 Å². The van der Waals surface area contributed by atoms with Crippen molar-refractivity contribution in [3.63, 3.8) is 0 Å². The Kier molecular flexibility index (Phi) is 2.22. The van der Waals surface area contributed by atoms with Crippen molar-refractivity contribution < 1.29 is 4.79 Å². The van der Waals surface area contributed by atoms with Crippen molar-refractivity contribution >= 4 is 5.91 Å². The molecule has 0 radical (unpaired) electrons. The zero-order chi connectivity index (χ0) is 10.2. The first-order valence-corrected chi connectivity index (χ1v) is 5.33. The van der Waals surface area contributed by atoms with Gasteiger partial charge in [-0.3, -0.25) is 9.69 Å². The summed E-state index contributed by atoms with van der Waals surface area (Å²) in [4.78, 5) is 13.4. The van der Waals surface area contributed by atoms with Crippen molar-refractivity contribution in [2.24, 2.45) is 5.41 Å². The summed E-state index contributed by atoms with van der Waals surface area (Å²) in [5.74, 6) is 0.200. The molecule has 1 fully saturated rings. The molecule has 0 aromatic rings. The number of hydrogen-bond acceptors (Lipinski definition) is 1. The number of hydrogen-bond donors (Lipinski definition) is 0. The Morgan fingerprint density at radius 2 is 2.36 bits per heavy atom. The van der Waals surface area contributed by atoms with Gasteiger partial charge in [0.2, 0.25) is 5.91 Å². The molecule has 76 valence electrons. The summed E-state index contributed by atoms with van der Waals surface area (Å²) >= 11 is 0. The van der Waals surface area contributed by atoms with E-state index in [-0.39, 0.29) is 11.3 Å². The van der Waals surface area contributed by atoms with Gasteiger partial charge in [-0.15, -0.1) is 0 Å². The number of nitrogens with zero attached hydrogens (tertiary/aromatic N) is 1. The van der Waals surface area contributed by atoms with E-state index < -0.39 is 0 Å². The molecule has 1 saturated heterocycles. The molecule has 2 nitrogen and oxygen atoms in total. The normalized spacial score (nSPS) is 32.2. The van der Waals surface area contributed by atoms with Crippen molar-refractivity contribution in [1.29, 1.82) is 0 Å². The first kappa shape index (κ1) is 9.50. The van der Waals surface area contributed by atoms with E-state index in [1.165, 1.54) is 18.5 Å². The Bertz CT molecular complexity index is 305. The van der Waals surface area contributed by atoms with Gasteiger partial charge in [-0.2, -0.15) is 0 Å². The Balaban J connectivity index is 2.37. The molecule has 0 aromatic heterocycles. The zero-order valence-electron chi connectivity index (χ0n) is 8.75. The second-order valence-electron chi connectivity index (χ2n) is 4.49. The molecule has 2 aliphatic rings. The maximum Gasteiger partial charge on any atom is 0.230 e. The fourth-order valence-corrected chi connectivity index (χ4v) is 2.59. The summed E-state index contributed by atoms with van der Waals surface area (Å²) in [6, 6.07) is 0. The van der Waals surface area contributed by atoms with Crippen molar-refractivity contribution in [3.05, 3.63) is 24.6 Å². The summed E-state index contributed by atoms with van der Waals surface area (Å²) < 4.78 is 0. The minimum Gasteiger partial charge on any atom is -0.292 e. The number of carbonyl (C=O) groups is 1. The summed E-state index contributed by atoms with van der Waals surface area (Å²) in [5, 5.41) is 0. The van der Waals surface area contributed by atoms with Crippen LogP contribution in [-0.2, 0) is 4.79 Å². The topological polar surface area (TPSA) is 20.3 Å². The fraction of sp³-hybridized carbons (Fsp3) is 0.583. The third-order valence-corrected chi connectivity index (χ3v) is 3.49. The van der Waals surface area contributed by atoms with Gasteiger partial charge >= 0.3 is 0 Å². The lowest BCUT2D eigenvalue weighted by atomic mass is 9.71. The van der Waals surface area contributed by atoms with Crippen LogP contribution in [0.4, 0.5) is 0 Å². The van der Waals surface area contributed by atoms with Gasteiger partial charge in [-0.05, 0) is 25.7 Å². The summed E-state index contributed by atoms with van der Waals surface area (Å²) in [5.41, 5.74) is 1.41. The highest BCUT2D eigenvalue weighted by molar-refractivity contribution is 5.80. The molecule has 1 aliphatic heterocycles. The van der Waals surface area contributed by atoms with E-state index in [1.54, 1.807) is 11.1 Å². The van der Waals surface area contributed by atoms with E-state index in [0.29, 0.717) is 6.42 Å². The van der Waals surface area contributed by atoms with Gasteiger partial charge in [0, 0.05) is 23.7 Å². The van der Waals surface area contributed by atoms with Gasteiger partial charge in [0.1, 0.15) is 0 Å². The number of amides is 1. The predicted molar refractivity (Wildman–Crippen MR) is 56.3 cm³/mol. The third-order valence-electron chi connectivity index (χ3n) is 3.49. The Labute approximate surface area is 85.3 Å². The van der Waals surface area contributed by atoms with E-state index in [1.807, 2.05) is 0 Å². The van der Waals surface area contributed by atoms with Crippen LogP contribution in [0.3, 0.4) is 0 Å². The second-order valence-corrected chi connectivity index (χ2v) is 4.49. The average Bonchev–Trinajstić information content (AvgIpc) is 2.19. The number of likely N-dealkylation sites (tertiary alicyclic amines) is 1. The van der Waals surface area contributed by atoms with Crippen LogP contribution in [0.25, 0.3) is 0 Å². The highest BCUT2D eigenvalue weighted by atomic mass is 16.2. The van der Waals surface area contributed by atoms with Crippen LogP contribution in [0.15, 0.2) is 24.6 Å². The first-order chi connectivity index (χ1) is 6.67. The van der Waals surface area contributed by atoms with Crippen LogP contribution in [0, 0.1) is 5.41 Å². The van der Waals surface area contributed by atoms with Crippen LogP contribution < -0.4 is 0 Å². The smallest absolute Gasteiger partial charge is 0.230 e. The number of piperidine rings is 1. The molecule has 14 heavy (non-hydrogen) atoms. The van der Waals surface area contributed by atoms with Crippen molar-refractivity contribution in [1.82, 2.24) is 4.90 Å². The maximum absolute atomic E-state index is 11.6. The molecular weight excluding hydrogens is 174 g/mol. The fourth-order valence-electron chi connectivity index (χ4n) is 2.59. The minimum absolute atomic E-state index is 0.200. The average molecular weight is 191 g/mol. The Morgan fingerprint density at radius 1 is 1.57 bits per heavy atom. The molecule has 0 spiro atoms. The predicted octanol–water partition coefficient (Wildman–Crippen LogP) is 2.83. The standard InChI is InChI=1S/C12H17NO/c1-3-13-10-6-4-5-8-12(10,2)9-7-11(13)14/h3,6H,1,4-5,7-9H2,2H3/t12-/m0/s1. The maximum atomic E-state index is 11.6. The number of rotatable bonds is 1.